The minimum Gasteiger partial charge on any atom is -0.355 e. The van der Waals surface area contributed by atoms with Crippen LogP contribution in [-0.4, -0.2) is 0 Å². The van der Waals surface area contributed by atoms with Crippen LogP contribution in [0.3, 0.4) is 0 Å². The summed E-state index contributed by atoms with van der Waals surface area (Å²) in [5.74, 6) is 0. The standard InChI is InChI=1S/C37H35N.C22H17N.2C2H6/c1-5-11-27-16-18-29(23-34(27)31-15-10-9-12-25(31)2)38-30-19-21-33-32-20-17-28(26-13-7-6-8-14-26)22-35(32)37(3,4)36(33)24-30;1-2-9-17(10-3-1)19-14-6-7-15-21(19)23-22-16-8-12-18-11-4-5-13-20(18)22;2*1-2/h6-10,12-24,38H,5,11H2,1-4H3;1-16,23H;2*1-2H3. The number of aryl methyl sites for hydroxylation is 2. The van der Waals surface area contributed by atoms with Gasteiger partial charge in [-0.1, -0.05) is 219 Å². The maximum atomic E-state index is 3.73. The van der Waals surface area contributed by atoms with Crippen LogP contribution in [-0.2, 0) is 11.8 Å². The van der Waals surface area contributed by atoms with Gasteiger partial charge in [0.05, 0.1) is 0 Å². The molecule has 0 saturated heterocycles. The van der Waals surface area contributed by atoms with E-state index in [0.717, 1.165) is 35.6 Å². The zero-order valence-corrected chi connectivity index (χ0v) is 39.5. The first-order valence-electron chi connectivity index (χ1n) is 23.6. The molecule has 0 atom stereocenters. The Morgan fingerprint density at radius 2 is 0.954 bits per heavy atom. The van der Waals surface area contributed by atoms with Crippen molar-refractivity contribution in [2.75, 3.05) is 10.6 Å². The van der Waals surface area contributed by atoms with Crippen LogP contribution in [0, 0.1) is 6.92 Å². The van der Waals surface area contributed by atoms with Crippen molar-refractivity contribution in [3.05, 3.63) is 229 Å². The number of fused-ring (bicyclic) bond motifs is 4. The largest absolute Gasteiger partial charge is 0.355 e. The summed E-state index contributed by atoms with van der Waals surface area (Å²) in [5.41, 5.74) is 20.3. The second kappa shape index (κ2) is 21.5. The van der Waals surface area contributed by atoms with Crippen molar-refractivity contribution in [3.8, 4) is 44.5 Å². The first-order valence-corrected chi connectivity index (χ1v) is 23.6. The number of para-hydroxylation sites is 1. The van der Waals surface area contributed by atoms with Crippen molar-refractivity contribution in [2.45, 2.75) is 73.6 Å². The summed E-state index contributed by atoms with van der Waals surface area (Å²) < 4.78 is 0. The first-order chi connectivity index (χ1) is 31.9. The fourth-order valence-electron chi connectivity index (χ4n) is 9.00. The Balaban J connectivity index is 0.000000199. The number of hydrogen-bond donors (Lipinski definition) is 2. The summed E-state index contributed by atoms with van der Waals surface area (Å²) in [6, 6.07) is 73.8. The highest BCUT2D eigenvalue weighted by Gasteiger charge is 2.35. The lowest BCUT2D eigenvalue weighted by Crippen LogP contribution is -2.15. The quantitative estimate of drug-likeness (QED) is 0.151. The van der Waals surface area contributed by atoms with Crippen LogP contribution in [0.15, 0.2) is 206 Å². The van der Waals surface area contributed by atoms with Gasteiger partial charge in [0, 0.05) is 39.1 Å². The van der Waals surface area contributed by atoms with Crippen LogP contribution in [0.1, 0.15) is 77.1 Å². The van der Waals surface area contributed by atoms with E-state index < -0.39 is 0 Å². The third-order valence-corrected chi connectivity index (χ3v) is 12.2. The highest BCUT2D eigenvalue weighted by Crippen LogP contribution is 2.50. The van der Waals surface area contributed by atoms with Gasteiger partial charge in [-0.05, 0) is 122 Å². The molecule has 0 aromatic heterocycles. The molecule has 65 heavy (non-hydrogen) atoms. The van der Waals surface area contributed by atoms with Gasteiger partial charge in [-0.25, -0.2) is 0 Å². The summed E-state index contributed by atoms with van der Waals surface area (Å²) in [6.45, 7) is 17.2. The molecule has 1 aliphatic rings. The molecule has 0 fully saturated rings. The van der Waals surface area contributed by atoms with E-state index in [4.69, 9.17) is 0 Å². The van der Waals surface area contributed by atoms with Crippen molar-refractivity contribution in [3.63, 3.8) is 0 Å². The van der Waals surface area contributed by atoms with Crippen LogP contribution < -0.4 is 10.6 Å². The lowest BCUT2D eigenvalue weighted by Gasteiger charge is -2.23. The SMILES string of the molecule is CC.CC.CCCc1ccc(Nc2ccc3c(c2)C(C)(C)c2cc(-c4ccccc4)ccc2-3)cc1-c1ccccc1C.c1ccc(-c2ccccc2Nc2cccc3ccccc23)cc1. The van der Waals surface area contributed by atoms with Gasteiger partial charge in [0.1, 0.15) is 0 Å². The Hall–Kier alpha value is -7.16. The van der Waals surface area contributed by atoms with Crippen LogP contribution in [0.25, 0.3) is 55.3 Å². The molecule has 9 aromatic rings. The van der Waals surface area contributed by atoms with Gasteiger partial charge >= 0.3 is 0 Å². The maximum Gasteiger partial charge on any atom is 0.0464 e. The molecule has 2 nitrogen and oxygen atoms in total. The normalized spacial score (nSPS) is 11.6. The maximum absolute atomic E-state index is 3.73. The van der Waals surface area contributed by atoms with Crippen molar-refractivity contribution in [1.29, 1.82) is 0 Å². The molecule has 0 aliphatic heterocycles. The molecule has 10 rings (SSSR count). The Kier molecular flexibility index (Phi) is 15.2. The highest BCUT2D eigenvalue weighted by molar-refractivity contribution is 5.97. The molecule has 326 valence electrons. The average Bonchev–Trinajstić information content (AvgIpc) is 3.59. The van der Waals surface area contributed by atoms with E-state index in [0.29, 0.717) is 0 Å². The first kappa shape index (κ1) is 45.9. The molecule has 0 amide bonds. The predicted molar refractivity (Wildman–Crippen MR) is 285 cm³/mol. The van der Waals surface area contributed by atoms with Gasteiger partial charge in [0.25, 0.3) is 0 Å². The molecule has 9 aromatic carbocycles. The Labute approximate surface area is 389 Å². The number of nitrogens with one attached hydrogen (secondary N) is 2. The van der Waals surface area contributed by atoms with E-state index in [-0.39, 0.29) is 5.41 Å². The fourth-order valence-corrected chi connectivity index (χ4v) is 9.00. The number of anilines is 4. The van der Waals surface area contributed by atoms with Gasteiger partial charge in [-0.3, -0.25) is 0 Å². The Morgan fingerprint density at radius 1 is 0.400 bits per heavy atom. The molecular formula is C63H64N2. The van der Waals surface area contributed by atoms with Crippen molar-refractivity contribution >= 4 is 33.5 Å². The van der Waals surface area contributed by atoms with Gasteiger partial charge in [0.15, 0.2) is 0 Å². The second-order valence-corrected chi connectivity index (χ2v) is 16.6. The van der Waals surface area contributed by atoms with Crippen LogP contribution in [0.2, 0.25) is 0 Å². The van der Waals surface area contributed by atoms with E-state index in [9.17, 15) is 0 Å². The topological polar surface area (TPSA) is 24.1 Å². The number of hydrogen-bond acceptors (Lipinski definition) is 2. The zero-order chi connectivity index (χ0) is 45.8. The molecule has 0 saturated carbocycles. The lowest BCUT2D eigenvalue weighted by atomic mass is 9.81. The molecule has 1 aliphatic carbocycles. The third-order valence-electron chi connectivity index (χ3n) is 12.2. The molecule has 2 heteroatoms. The summed E-state index contributed by atoms with van der Waals surface area (Å²) in [5, 5.41) is 9.83. The molecule has 0 radical (unpaired) electrons. The average molecular weight is 849 g/mol. The van der Waals surface area contributed by atoms with Crippen molar-refractivity contribution in [1.82, 2.24) is 0 Å². The molecule has 0 heterocycles. The van der Waals surface area contributed by atoms with Crippen molar-refractivity contribution in [2.24, 2.45) is 0 Å². The summed E-state index contributed by atoms with van der Waals surface area (Å²) in [4.78, 5) is 0. The van der Waals surface area contributed by atoms with E-state index in [1.807, 2.05) is 33.8 Å². The number of rotatable bonds is 9. The minimum atomic E-state index is -0.0650. The Bertz CT molecular complexity index is 2960. The van der Waals surface area contributed by atoms with Crippen LogP contribution in [0.5, 0.6) is 0 Å². The van der Waals surface area contributed by atoms with Gasteiger partial charge in [0.2, 0.25) is 0 Å². The molecule has 0 unspecified atom stereocenters. The second-order valence-electron chi connectivity index (χ2n) is 16.6. The van der Waals surface area contributed by atoms with Gasteiger partial charge < -0.3 is 10.6 Å². The van der Waals surface area contributed by atoms with Gasteiger partial charge in [-0.2, -0.15) is 0 Å². The van der Waals surface area contributed by atoms with E-state index in [2.05, 4.69) is 239 Å². The fraction of sp³-hybridized carbons (Fsp3) is 0.175. The van der Waals surface area contributed by atoms with Crippen LogP contribution >= 0.6 is 0 Å². The Morgan fingerprint density at radius 3 is 1.68 bits per heavy atom. The molecule has 2 N–H and O–H groups in total. The molecular weight excluding hydrogens is 785 g/mol. The monoisotopic (exact) mass is 849 g/mol. The zero-order valence-electron chi connectivity index (χ0n) is 39.5. The van der Waals surface area contributed by atoms with E-state index in [1.54, 1.807) is 0 Å². The third kappa shape index (κ3) is 10.1. The summed E-state index contributed by atoms with van der Waals surface area (Å²) in [6.07, 6.45) is 2.22. The smallest absolute Gasteiger partial charge is 0.0464 e. The number of benzene rings is 9. The van der Waals surface area contributed by atoms with Crippen molar-refractivity contribution < 1.29 is 0 Å². The summed E-state index contributed by atoms with van der Waals surface area (Å²) >= 11 is 0. The van der Waals surface area contributed by atoms with Crippen LogP contribution in [0.4, 0.5) is 22.7 Å². The molecule has 0 bridgehead atoms. The minimum absolute atomic E-state index is 0.0650. The highest BCUT2D eigenvalue weighted by atomic mass is 14.9. The van der Waals surface area contributed by atoms with Gasteiger partial charge in [-0.15, -0.1) is 0 Å². The molecule has 0 spiro atoms. The predicted octanol–water partition coefficient (Wildman–Crippen LogP) is 18.6. The van der Waals surface area contributed by atoms with E-state index in [1.165, 1.54) is 77.5 Å². The lowest BCUT2D eigenvalue weighted by molar-refractivity contribution is 0.661. The summed E-state index contributed by atoms with van der Waals surface area (Å²) in [7, 11) is 0. The van der Waals surface area contributed by atoms with E-state index >= 15 is 0 Å².